The van der Waals surface area contributed by atoms with Crippen molar-refractivity contribution in [2.24, 2.45) is 5.73 Å². The maximum Gasteiger partial charge on any atom is 0.0630 e. The van der Waals surface area contributed by atoms with E-state index in [0.29, 0.717) is 13.2 Å². The Hall–Kier alpha value is -1.98. The molecule has 0 aliphatic rings. The molecule has 0 spiro atoms. The van der Waals surface area contributed by atoms with Crippen LogP contribution in [-0.2, 0) is 4.74 Å². The van der Waals surface area contributed by atoms with Crippen LogP contribution in [0.15, 0.2) is 36.7 Å². The number of anilines is 3. The van der Waals surface area contributed by atoms with Crippen molar-refractivity contribution in [1.29, 1.82) is 0 Å². The van der Waals surface area contributed by atoms with Gasteiger partial charge in [0.2, 0.25) is 0 Å². The SMILES string of the molecule is COC[C@H](N)CNc1ccc(Nc2cc[nH]c2)cc1C. The van der Waals surface area contributed by atoms with Crippen LogP contribution in [-0.4, -0.2) is 31.3 Å². The molecule has 0 unspecified atom stereocenters. The van der Waals surface area contributed by atoms with Crippen molar-refractivity contribution in [3.63, 3.8) is 0 Å². The molecule has 5 nitrogen and oxygen atoms in total. The number of aromatic amines is 1. The first kappa shape index (κ1) is 14.4. The molecule has 0 saturated heterocycles. The summed E-state index contributed by atoms with van der Waals surface area (Å²) >= 11 is 0. The van der Waals surface area contributed by atoms with E-state index in [9.17, 15) is 0 Å². The number of hydrogen-bond acceptors (Lipinski definition) is 4. The minimum Gasteiger partial charge on any atom is -0.383 e. The van der Waals surface area contributed by atoms with Gasteiger partial charge in [0.25, 0.3) is 0 Å². The van der Waals surface area contributed by atoms with Gasteiger partial charge in [0.15, 0.2) is 0 Å². The summed E-state index contributed by atoms with van der Waals surface area (Å²) < 4.78 is 5.02. The zero-order valence-electron chi connectivity index (χ0n) is 11.9. The number of nitrogens with one attached hydrogen (secondary N) is 3. The highest BCUT2D eigenvalue weighted by molar-refractivity contribution is 5.64. The molecular weight excluding hydrogens is 252 g/mol. The molecule has 1 atom stereocenters. The average Bonchev–Trinajstić information content (AvgIpc) is 2.91. The average molecular weight is 274 g/mol. The van der Waals surface area contributed by atoms with Crippen molar-refractivity contribution in [1.82, 2.24) is 4.98 Å². The Balaban J connectivity index is 1.95. The van der Waals surface area contributed by atoms with Crippen LogP contribution in [0.5, 0.6) is 0 Å². The highest BCUT2D eigenvalue weighted by atomic mass is 16.5. The lowest BCUT2D eigenvalue weighted by Gasteiger charge is -2.15. The zero-order valence-corrected chi connectivity index (χ0v) is 11.9. The molecule has 5 N–H and O–H groups in total. The van der Waals surface area contributed by atoms with E-state index in [0.717, 1.165) is 17.1 Å². The van der Waals surface area contributed by atoms with E-state index < -0.39 is 0 Å². The fourth-order valence-corrected chi connectivity index (χ4v) is 2.02. The van der Waals surface area contributed by atoms with Crippen LogP contribution in [0.2, 0.25) is 0 Å². The predicted octanol–water partition coefficient (Wildman–Crippen LogP) is 2.45. The fourth-order valence-electron chi connectivity index (χ4n) is 2.02. The summed E-state index contributed by atoms with van der Waals surface area (Å²) in [7, 11) is 1.66. The Morgan fingerprint density at radius 3 is 2.80 bits per heavy atom. The minimum absolute atomic E-state index is 0.00272. The summed E-state index contributed by atoms with van der Waals surface area (Å²) in [5, 5.41) is 6.68. The highest BCUT2D eigenvalue weighted by Crippen LogP contribution is 2.22. The molecule has 5 heteroatoms. The third-order valence-electron chi connectivity index (χ3n) is 3.05. The van der Waals surface area contributed by atoms with Gasteiger partial charge in [-0.3, -0.25) is 0 Å². The van der Waals surface area contributed by atoms with Gasteiger partial charge in [-0.1, -0.05) is 0 Å². The van der Waals surface area contributed by atoms with Gasteiger partial charge in [-0.2, -0.15) is 0 Å². The van der Waals surface area contributed by atoms with Crippen LogP contribution in [0.3, 0.4) is 0 Å². The Bertz CT molecular complexity index is 525. The van der Waals surface area contributed by atoms with E-state index >= 15 is 0 Å². The molecule has 108 valence electrons. The van der Waals surface area contributed by atoms with Gasteiger partial charge in [0.1, 0.15) is 0 Å². The van der Waals surface area contributed by atoms with E-state index in [1.54, 1.807) is 7.11 Å². The van der Waals surface area contributed by atoms with Gasteiger partial charge < -0.3 is 26.1 Å². The Labute approximate surface area is 119 Å². The molecule has 0 aliphatic heterocycles. The van der Waals surface area contributed by atoms with E-state index in [1.807, 2.05) is 24.5 Å². The molecular formula is C15H22N4O. The fraction of sp³-hybridized carbons (Fsp3) is 0.333. The van der Waals surface area contributed by atoms with E-state index in [4.69, 9.17) is 10.5 Å². The topological polar surface area (TPSA) is 75.1 Å². The number of methoxy groups -OCH3 is 1. The first-order chi connectivity index (χ1) is 9.69. The number of hydrogen-bond donors (Lipinski definition) is 4. The van der Waals surface area contributed by atoms with Crippen LogP contribution < -0.4 is 16.4 Å². The van der Waals surface area contributed by atoms with Gasteiger partial charge in [-0.05, 0) is 36.8 Å². The summed E-state index contributed by atoms with van der Waals surface area (Å²) in [5.41, 5.74) is 10.3. The van der Waals surface area contributed by atoms with Gasteiger partial charge in [0.05, 0.1) is 12.3 Å². The largest absolute Gasteiger partial charge is 0.383 e. The first-order valence-corrected chi connectivity index (χ1v) is 6.68. The second-order valence-corrected chi connectivity index (χ2v) is 4.85. The van der Waals surface area contributed by atoms with Crippen LogP contribution in [0, 0.1) is 6.92 Å². The Morgan fingerprint density at radius 1 is 1.30 bits per heavy atom. The molecule has 20 heavy (non-hydrogen) atoms. The maximum absolute atomic E-state index is 5.90. The lowest BCUT2D eigenvalue weighted by molar-refractivity contribution is 0.183. The minimum atomic E-state index is -0.00272. The summed E-state index contributed by atoms with van der Waals surface area (Å²) in [6.07, 6.45) is 3.81. The second-order valence-electron chi connectivity index (χ2n) is 4.85. The number of benzene rings is 1. The standard InChI is InChI=1S/C15H22N4O/c1-11-7-13(19-14-5-6-17-9-14)3-4-15(11)18-8-12(16)10-20-2/h3-7,9,12,17-19H,8,10,16H2,1-2H3/t12-/m1/s1. The van der Waals surface area contributed by atoms with Crippen LogP contribution in [0.25, 0.3) is 0 Å². The van der Waals surface area contributed by atoms with Gasteiger partial charge in [-0.25, -0.2) is 0 Å². The van der Waals surface area contributed by atoms with Crippen molar-refractivity contribution >= 4 is 17.1 Å². The number of H-pyrrole nitrogens is 1. The highest BCUT2D eigenvalue weighted by Gasteiger charge is 2.04. The number of nitrogens with two attached hydrogens (primary N) is 1. The smallest absolute Gasteiger partial charge is 0.0630 e. The molecule has 0 fully saturated rings. The Morgan fingerprint density at radius 2 is 2.15 bits per heavy atom. The third kappa shape index (κ3) is 4.01. The third-order valence-corrected chi connectivity index (χ3v) is 3.05. The van der Waals surface area contributed by atoms with E-state index in [2.05, 4.69) is 34.7 Å². The van der Waals surface area contributed by atoms with Gasteiger partial charge in [0, 0.05) is 43.5 Å². The molecule has 1 heterocycles. The summed E-state index contributed by atoms with van der Waals surface area (Å²) in [6.45, 7) is 3.32. The van der Waals surface area contributed by atoms with Crippen LogP contribution >= 0.6 is 0 Å². The molecule has 2 rings (SSSR count). The lowest BCUT2D eigenvalue weighted by Crippen LogP contribution is -2.33. The normalized spacial score (nSPS) is 12.2. The van der Waals surface area contributed by atoms with Crippen molar-refractivity contribution in [2.75, 3.05) is 30.9 Å². The number of aromatic nitrogens is 1. The van der Waals surface area contributed by atoms with Crippen molar-refractivity contribution in [2.45, 2.75) is 13.0 Å². The van der Waals surface area contributed by atoms with Crippen molar-refractivity contribution in [3.05, 3.63) is 42.2 Å². The summed E-state index contributed by atoms with van der Waals surface area (Å²) in [4.78, 5) is 3.02. The maximum atomic E-state index is 5.90. The zero-order chi connectivity index (χ0) is 14.4. The molecule has 0 aliphatic carbocycles. The molecule has 0 bridgehead atoms. The van der Waals surface area contributed by atoms with E-state index in [1.165, 1.54) is 5.56 Å². The second kappa shape index (κ2) is 6.98. The molecule has 0 radical (unpaired) electrons. The summed E-state index contributed by atoms with van der Waals surface area (Å²) in [6, 6.07) is 8.20. The monoisotopic (exact) mass is 274 g/mol. The molecule has 2 aromatic rings. The molecule has 1 aromatic carbocycles. The van der Waals surface area contributed by atoms with Crippen LogP contribution in [0.1, 0.15) is 5.56 Å². The Kier molecular flexibility index (Phi) is 5.03. The molecule has 1 aromatic heterocycles. The molecule has 0 amide bonds. The van der Waals surface area contributed by atoms with Crippen LogP contribution in [0.4, 0.5) is 17.1 Å². The first-order valence-electron chi connectivity index (χ1n) is 6.68. The van der Waals surface area contributed by atoms with Crippen molar-refractivity contribution < 1.29 is 4.74 Å². The van der Waals surface area contributed by atoms with Gasteiger partial charge in [-0.15, -0.1) is 0 Å². The lowest BCUT2D eigenvalue weighted by atomic mass is 10.1. The molecule has 0 saturated carbocycles. The van der Waals surface area contributed by atoms with Gasteiger partial charge >= 0.3 is 0 Å². The quantitative estimate of drug-likeness (QED) is 0.625. The number of aryl methyl sites for hydroxylation is 1. The van der Waals surface area contributed by atoms with Crippen molar-refractivity contribution in [3.8, 4) is 0 Å². The predicted molar refractivity (Wildman–Crippen MR) is 83.6 cm³/mol. The van der Waals surface area contributed by atoms with E-state index in [-0.39, 0.29) is 6.04 Å². The summed E-state index contributed by atoms with van der Waals surface area (Å²) in [5.74, 6) is 0. The number of rotatable bonds is 7. The number of ether oxygens (including phenoxy) is 1.